The predicted molar refractivity (Wildman–Crippen MR) is 45.7 cm³/mol. The van der Waals surface area contributed by atoms with Gasteiger partial charge in [0.15, 0.2) is 0 Å². The molecule has 0 fully saturated rings. The van der Waals surface area contributed by atoms with Gasteiger partial charge in [-0.05, 0) is 6.42 Å². The monoisotopic (exact) mass is 178 g/mol. The van der Waals surface area contributed by atoms with Crippen molar-refractivity contribution in [2.24, 2.45) is 0 Å². The Labute approximate surface area is 67.6 Å². The van der Waals surface area contributed by atoms with Crippen LogP contribution >= 0.6 is 7.60 Å². The van der Waals surface area contributed by atoms with Gasteiger partial charge in [-0.15, -0.1) is 0 Å². The van der Waals surface area contributed by atoms with Crippen LogP contribution in [0.15, 0.2) is 12.2 Å². The molecular weight excluding hydrogens is 163 g/mol. The van der Waals surface area contributed by atoms with Crippen molar-refractivity contribution in [1.29, 1.82) is 0 Å². The first-order valence-corrected chi connectivity index (χ1v) is 5.50. The zero-order valence-electron chi connectivity index (χ0n) is 6.99. The van der Waals surface area contributed by atoms with E-state index in [9.17, 15) is 4.57 Å². The zero-order chi connectivity index (χ0) is 8.74. The van der Waals surface area contributed by atoms with Crippen molar-refractivity contribution < 1.29 is 14.0 Å². The highest BCUT2D eigenvalue weighted by Crippen LogP contribution is 2.40. The molecule has 66 valence electrons. The van der Waals surface area contributed by atoms with E-state index in [1.165, 1.54) is 0 Å². The van der Waals surface area contributed by atoms with Crippen molar-refractivity contribution >= 4 is 7.60 Å². The Bertz CT molecular complexity index is 165. The number of hydrogen-bond donors (Lipinski definition) is 1. The molecule has 0 bridgehead atoms. The first-order chi connectivity index (χ1) is 5.12. The second-order valence-electron chi connectivity index (χ2n) is 2.13. The lowest BCUT2D eigenvalue weighted by atomic mass is 10.4. The molecule has 0 radical (unpaired) electrons. The van der Waals surface area contributed by atoms with Crippen LogP contribution in [0.1, 0.15) is 20.3 Å². The number of hydrogen-bond acceptors (Lipinski definition) is 2. The molecule has 0 aliphatic heterocycles. The minimum Gasteiger partial charge on any atom is -0.324 e. The molecule has 0 saturated heterocycles. The van der Waals surface area contributed by atoms with Gasteiger partial charge in [0.25, 0.3) is 0 Å². The summed E-state index contributed by atoms with van der Waals surface area (Å²) in [5, 5.41) is 0. The molecule has 0 amide bonds. The summed E-state index contributed by atoms with van der Waals surface area (Å²) < 4.78 is 15.6. The van der Waals surface area contributed by atoms with Crippen molar-refractivity contribution in [1.82, 2.24) is 0 Å². The largest absolute Gasteiger partial charge is 0.328 e. The minimum atomic E-state index is -3.26. The van der Waals surface area contributed by atoms with Crippen LogP contribution in [0, 0.1) is 0 Å². The fourth-order valence-electron chi connectivity index (χ4n) is 0.485. The Morgan fingerprint density at radius 2 is 2.09 bits per heavy atom. The van der Waals surface area contributed by atoms with E-state index >= 15 is 0 Å². The lowest BCUT2D eigenvalue weighted by Gasteiger charge is -2.06. The second kappa shape index (κ2) is 5.53. The molecule has 0 aromatic heterocycles. The average molecular weight is 178 g/mol. The number of rotatable bonds is 5. The fraction of sp³-hybridized carbons (Fsp3) is 0.714. The Balaban J connectivity index is 3.54. The molecule has 0 aromatic carbocycles. The summed E-state index contributed by atoms with van der Waals surface area (Å²) in [5.74, 6) is 0. The second-order valence-corrected chi connectivity index (χ2v) is 4.29. The molecule has 0 rings (SSSR count). The van der Waals surface area contributed by atoms with Gasteiger partial charge in [0.1, 0.15) is 0 Å². The van der Waals surface area contributed by atoms with E-state index in [0.29, 0.717) is 0 Å². The van der Waals surface area contributed by atoms with Crippen molar-refractivity contribution in [3.05, 3.63) is 12.2 Å². The van der Waals surface area contributed by atoms with Gasteiger partial charge in [-0.25, -0.2) is 0 Å². The summed E-state index contributed by atoms with van der Waals surface area (Å²) in [6.07, 6.45) is 4.74. The van der Waals surface area contributed by atoms with Gasteiger partial charge in [-0.3, -0.25) is 4.57 Å². The van der Waals surface area contributed by atoms with Gasteiger partial charge in [-0.1, -0.05) is 26.0 Å². The SMILES string of the molecule is CCC=CCOP(=O)(O)CC. The van der Waals surface area contributed by atoms with Gasteiger partial charge < -0.3 is 9.42 Å². The lowest BCUT2D eigenvalue weighted by Crippen LogP contribution is -1.91. The van der Waals surface area contributed by atoms with Crippen molar-refractivity contribution in [3.8, 4) is 0 Å². The van der Waals surface area contributed by atoms with E-state index in [-0.39, 0.29) is 12.8 Å². The van der Waals surface area contributed by atoms with E-state index in [2.05, 4.69) is 0 Å². The van der Waals surface area contributed by atoms with E-state index in [0.717, 1.165) is 6.42 Å². The third kappa shape index (κ3) is 6.29. The van der Waals surface area contributed by atoms with Crippen LogP contribution in [-0.2, 0) is 9.09 Å². The molecule has 1 N–H and O–H groups in total. The standard InChI is InChI=1S/C7H15O3P/c1-3-5-6-7-10-11(8,9)4-2/h5-6H,3-4,7H2,1-2H3,(H,8,9). The third-order valence-corrected chi connectivity index (χ3v) is 2.53. The Morgan fingerprint density at radius 1 is 1.45 bits per heavy atom. The normalized spacial score (nSPS) is 17.0. The molecule has 1 atom stereocenters. The summed E-state index contributed by atoms with van der Waals surface area (Å²) >= 11 is 0. The Kier molecular flexibility index (Phi) is 5.47. The van der Waals surface area contributed by atoms with Gasteiger partial charge >= 0.3 is 7.60 Å². The predicted octanol–water partition coefficient (Wildman–Crippen LogP) is 2.17. The van der Waals surface area contributed by atoms with E-state index < -0.39 is 7.60 Å². The molecule has 3 nitrogen and oxygen atoms in total. The summed E-state index contributed by atoms with van der Waals surface area (Å²) in [7, 11) is -3.26. The molecule has 1 unspecified atom stereocenters. The van der Waals surface area contributed by atoms with Crippen LogP contribution in [0.5, 0.6) is 0 Å². The van der Waals surface area contributed by atoms with Crippen LogP contribution in [0.2, 0.25) is 0 Å². The highest BCUT2D eigenvalue weighted by Gasteiger charge is 2.13. The third-order valence-electron chi connectivity index (χ3n) is 1.17. The van der Waals surface area contributed by atoms with Crippen molar-refractivity contribution in [2.45, 2.75) is 20.3 Å². The maximum atomic E-state index is 10.8. The smallest absolute Gasteiger partial charge is 0.324 e. The Morgan fingerprint density at radius 3 is 2.55 bits per heavy atom. The van der Waals surface area contributed by atoms with Crippen LogP contribution < -0.4 is 0 Å². The van der Waals surface area contributed by atoms with Crippen molar-refractivity contribution in [3.63, 3.8) is 0 Å². The molecule has 0 aromatic rings. The highest BCUT2D eigenvalue weighted by molar-refractivity contribution is 7.52. The molecule has 0 spiro atoms. The van der Waals surface area contributed by atoms with E-state index in [1.807, 2.05) is 13.0 Å². The highest BCUT2D eigenvalue weighted by atomic mass is 31.2. The summed E-state index contributed by atoms with van der Waals surface area (Å²) in [4.78, 5) is 8.92. The fourth-order valence-corrected chi connectivity index (χ4v) is 0.987. The van der Waals surface area contributed by atoms with Crippen LogP contribution in [0.25, 0.3) is 0 Å². The first-order valence-electron chi connectivity index (χ1n) is 3.73. The number of allylic oxidation sites excluding steroid dienone is 1. The zero-order valence-corrected chi connectivity index (χ0v) is 7.88. The van der Waals surface area contributed by atoms with Crippen LogP contribution in [-0.4, -0.2) is 17.7 Å². The molecule has 0 heterocycles. The van der Waals surface area contributed by atoms with Gasteiger partial charge in [0.05, 0.1) is 6.61 Å². The molecule has 4 heteroatoms. The lowest BCUT2D eigenvalue weighted by molar-refractivity contribution is 0.288. The maximum absolute atomic E-state index is 10.8. The quantitative estimate of drug-likeness (QED) is 0.518. The molecule has 0 aliphatic rings. The van der Waals surface area contributed by atoms with Crippen LogP contribution in [0.4, 0.5) is 0 Å². The summed E-state index contributed by atoms with van der Waals surface area (Å²) in [5.41, 5.74) is 0. The van der Waals surface area contributed by atoms with Gasteiger partial charge in [0, 0.05) is 6.16 Å². The van der Waals surface area contributed by atoms with Crippen LogP contribution in [0.3, 0.4) is 0 Å². The van der Waals surface area contributed by atoms with Gasteiger partial charge in [-0.2, -0.15) is 0 Å². The maximum Gasteiger partial charge on any atom is 0.328 e. The molecular formula is C7H15O3P. The molecule has 0 aliphatic carbocycles. The van der Waals surface area contributed by atoms with E-state index in [4.69, 9.17) is 9.42 Å². The topological polar surface area (TPSA) is 46.5 Å². The van der Waals surface area contributed by atoms with E-state index in [1.54, 1.807) is 13.0 Å². The van der Waals surface area contributed by atoms with Crippen molar-refractivity contribution in [2.75, 3.05) is 12.8 Å². The first kappa shape index (κ1) is 10.9. The summed E-state index contributed by atoms with van der Waals surface area (Å²) in [6.45, 7) is 3.86. The minimum absolute atomic E-state index is 0.174. The molecule has 0 saturated carbocycles. The average Bonchev–Trinajstić information content (AvgIpc) is 1.99. The summed E-state index contributed by atoms with van der Waals surface area (Å²) in [6, 6.07) is 0. The Hall–Kier alpha value is -0.110. The van der Waals surface area contributed by atoms with Gasteiger partial charge in [0.2, 0.25) is 0 Å². The molecule has 11 heavy (non-hydrogen) atoms.